The van der Waals surface area contributed by atoms with Crippen LogP contribution in [0.1, 0.15) is 35.1 Å². The highest BCUT2D eigenvalue weighted by Crippen LogP contribution is 2.33. The maximum Gasteiger partial charge on any atom is 0.253 e. The number of thiocarbonyl (C=S) groups is 1. The Hall–Kier alpha value is -3.10. The van der Waals surface area contributed by atoms with E-state index in [1.807, 2.05) is 36.1 Å². The van der Waals surface area contributed by atoms with Gasteiger partial charge >= 0.3 is 0 Å². The normalized spacial score (nSPS) is 16.7. The first-order valence-corrected chi connectivity index (χ1v) is 12.0. The summed E-state index contributed by atoms with van der Waals surface area (Å²) in [7, 11) is 0. The van der Waals surface area contributed by atoms with Gasteiger partial charge < -0.3 is 29.4 Å². The highest BCUT2D eigenvalue weighted by Gasteiger charge is 2.20. The van der Waals surface area contributed by atoms with E-state index >= 15 is 0 Å². The molecule has 2 aromatic carbocycles. The van der Waals surface area contributed by atoms with Crippen LogP contribution in [0.25, 0.3) is 10.9 Å². The first-order chi connectivity index (χ1) is 16.5. The molecule has 3 heterocycles. The molecule has 0 unspecified atom stereocenters. The van der Waals surface area contributed by atoms with Crippen LogP contribution in [0.4, 0.5) is 0 Å². The molecule has 3 aromatic rings. The third kappa shape index (κ3) is 4.88. The van der Waals surface area contributed by atoms with E-state index in [9.17, 15) is 4.79 Å². The lowest BCUT2D eigenvalue weighted by molar-refractivity contribution is 0.113. The highest BCUT2D eigenvalue weighted by molar-refractivity contribution is 7.80. The first kappa shape index (κ1) is 22.7. The van der Waals surface area contributed by atoms with Gasteiger partial charge in [-0.1, -0.05) is 17.7 Å². The number of fused-ring (bicyclic) bond motifs is 2. The summed E-state index contributed by atoms with van der Waals surface area (Å²) in [6.45, 7) is 6.67. The summed E-state index contributed by atoms with van der Waals surface area (Å²) in [6, 6.07) is 12.0. The van der Waals surface area contributed by atoms with Gasteiger partial charge in [-0.2, -0.15) is 0 Å². The van der Waals surface area contributed by atoms with Gasteiger partial charge in [0.15, 0.2) is 16.6 Å². The zero-order valence-electron chi connectivity index (χ0n) is 19.5. The number of rotatable bonds is 6. The van der Waals surface area contributed by atoms with Gasteiger partial charge in [-0.3, -0.25) is 4.79 Å². The molecule has 2 N–H and O–H groups in total. The van der Waals surface area contributed by atoms with Crippen LogP contribution in [-0.2, 0) is 17.8 Å². The number of H-pyrrole nitrogens is 1. The number of aromatic amines is 1. The van der Waals surface area contributed by atoms with E-state index in [0.717, 1.165) is 58.5 Å². The van der Waals surface area contributed by atoms with Crippen LogP contribution >= 0.6 is 12.2 Å². The Morgan fingerprint density at radius 1 is 1.15 bits per heavy atom. The van der Waals surface area contributed by atoms with Crippen molar-refractivity contribution in [3.63, 3.8) is 0 Å². The molecule has 178 valence electrons. The number of pyridine rings is 1. The molecule has 2 aliphatic rings. The van der Waals surface area contributed by atoms with Crippen LogP contribution in [0.5, 0.6) is 11.5 Å². The minimum absolute atomic E-state index is 0.0999. The Kier molecular flexibility index (Phi) is 6.43. The summed E-state index contributed by atoms with van der Waals surface area (Å²) in [6.07, 6.45) is 2.27. The van der Waals surface area contributed by atoms with E-state index in [1.54, 1.807) is 0 Å². The molecular formula is C26H29N3O4S. The van der Waals surface area contributed by atoms with Gasteiger partial charge in [-0.15, -0.1) is 0 Å². The molecule has 8 heteroatoms. The Morgan fingerprint density at radius 3 is 2.82 bits per heavy atom. The zero-order chi connectivity index (χ0) is 23.7. The van der Waals surface area contributed by atoms with E-state index in [4.69, 9.17) is 26.4 Å². The van der Waals surface area contributed by atoms with Crippen LogP contribution in [0, 0.1) is 13.8 Å². The van der Waals surface area contributed by atoms with Crippen LogP contribution in [-0.4, -0.2) is 41.0 Å². The van der Waals surface area contributed by atoms with Crippen molar-refractivity contribution in [2.24, 2.45) is 0 Å². The van der Waals surface area contributed by atoms with Crippen LogP contribution in [0.15, 0.2) is 41.2 Å². The highest BCUT2D eigenvalue weighted by atomic mass is 32.1. The van der Waals surface area contributed by atoms with Crippen molar-refractivity contribution in [3.8, 4) is 11.5 Å². The lowest BCUT2D eigenvalue weighted by Gasteiger charge is -2.27. The number of hydrogen-bond donors (Lipinski definition) is 2. The van der Waals surface area contributed by atoms with Crippen LogP contribution in [0.3, 0.4) is 0 Å². The molecule has 0 saturated carbocycles. The predicted octanol–water partition coefficient (Wildman–Crippen LogP) is 3.93. The molecule has 0 aliphatic carbocycles. The zero-order valence-corrected chi connectivity index (χ0v) is 20.3. The number of ether oxygens (including phenoxy) is 3. The van der Waals surface area contributed by atoms with E-state index < -0.39 is 0 Å². The molecule has 5 rings (SSSR count). The molecule has 1 aromatic heterocycles. The first-order valence-electron chi connectivity index (χ1n) is 11.6. The summed E-state index contributed by atoms with van der Waals surface area (Å²) in [4.78, 5) is 18.1. The van der Waals surface area contributed by atoms with Crippen molar-refractivity contribution >= 4 is 28.2 Å². The quantitative estimate of drug-likeness (QED) is 0.519. The molecule has 2 aliphatic heterocycles. The lowest BCUT2D eigenvalue weighted by atomic mass is 10.0. The Morgan fingerprint density at radius 2 is 2.00 bits per heavy atom. The summed E-state index contributed by atoms with van der Waals surface area (Å²) < 4.78 is 16.7. The van der Waals surface area contributed by atoms with Crippen molar-refractivity contribution < 1.29 is 14.2 Å². The number of aromatic nitrogens is 1. The topological polar surface area (TPSA) is 75.8 Å². The maximum atomic E-state index is 13.0. The molecule has 0 radical (unpaired) electrons. The smallest absolute Gasteiger partial charge is 0.253 e. The molecule has 0 spiro atoms. The molecular weight excluding hydrogens is 450 g/mol. The Bertz CT molecular complexity index is 1280. The predicted molar refractivity (Wildman–Crippen MR) is 135 cm³/mol. The van der Waals surface area contributed by atoms with Crippen molar-refractivity contribution in [2.75, 3.05) is 19.9 Å². The Balaban J connectivity index is 1.41. The van der Waals surface area contributed by atoms with Gasteiger partial charge in [0, 0.05) is 25.3 Å². The average Bonchev–Trinajstić information content (AvgIpc) is 3.49. The van der Waals surface area contributed by atoms with Crippen LogP contribution < -0.4 is 20.3 Å². The van der Waals surface area contributed by atoms with Gasteiger partial charge in [0.05, 0.1) is 18.2 Å². The monoisotopic (exact) mass is 479 g/mol. The van der Waals surface area contributed by atoms with Crippen molar-refractivity contribution in [1.82, 2.24) is 15.2 Å². The largest absolute Gasteiger partial charge is 0.454 e. The van der Waals surface area contributed by atoms with Gasteiger partial charge in [0.25, 0.3) is 5.56 Å². The molecule has 1 fully saturated rings. The van der Waals surface area contributed by atoms with E-state index in [1.165, 1.54) is 0 Å². The minimum atomic E-state index is -0.0999. The number of nitrogens with zero attached hydrogens (tertiary/aromatic N) is 1. The molecule has 7 nitrogen and oxygen atoms in total. The fourth-order valence-electron chi connectivity index (χ4n) is 4.63. The van der Waals surface area contributed by atoms with Gasteiger partial charge in [0.2, 0.25) is 6.79 Å². The fourth-order valence-corrected chi connectivity index (χ4v) is 4.85. The summed E-state index contributed by atoms with van der Waals surface area (Å²) in [5, 5.41) is 4.97. The van der Waals surface area contributed by atoms with Gasteiger partial charge in [-0.05, 0) is 79.7 Å². The summed E-state index contributed by atoms with van der Waals surface area (Å²) in [5.74, 6) is 1.47. The fraction of sp³-hybridized carbons (Fsp3) is 0.385. The molecule has 0 amide bonds. The lowest BCUT2D eigenvalue weighted by Crippen LogP contribution is -2.42. The second-order valence-electron chi connectivity index (χ2n) is 9.03. The summed E-state index contributed by atoms with van der Waals surface area (Å²) >= 11 is 5.78. The molecule has 34 heavy (non-hydrogen) atoms. The molecule has 0 bridgehead atoms. The molecule has 1 saturated heterocycles. The number of benzene rings is 2. The van der Waals surface area contributed by atoms with Crippen molar-refractivity contribution in [1.29, 1.82) is 0 Å². The Labute approximate surface area is 204 Å². The molecule has 1 atom stereocenters. The summed E-state index contributed by atoms with van der Waals surface area (Å²) in [5.41, 5.74) is 4.69. The van der Waals surface area contributed by atoms with Gasteiger partial charge in [0.1, 0.15) is 0 Å². The maximum absolute atomic E-state index is 13.0. The van der Waals surface area contributed by atoms with E-state index in [-0.39, 0.29) is 18.5 Å². The van der Waals surface area contributed by atoms with Crippen LogP contribution in [0.2, 0.25) is 0 Å². The number of aryl methyl sites for hydroxylation is 2. The van der Waals surface area contributed by atoms with Crippen molar-refractivity contribution in [3.05, 3.63) is 69.0 Å². The minimum Gasteiger partial charge on any atom is -0.454 e. The standard InChI is InChI=1S/C26H29N3O4S/c1-16-8-17(2)24-19(9-16)11-20(25(30)28-24)14-29(26(34)27-12-21-4-3-7-31-21)13-18-5-6-22-23(10-18)33-15-32-22/h5-6,8-11,21H,3-4,7,12-15H2,1-2H3,(H,27,34)(H,28,30)/t21-/m0/s1. The second kappa shape index (κ2) is 9.64. The SMILES string of the molecule is Cc1cc(C)c2[nH]c(=O)c(CN(Cc3ccc4c(c3)OCO4)C(=S)NC[C@@H]3CCCO3)cc2c1. The van der Waals surface area contributed by atoms with Gasteiger partial charge in [-0.25, -0.2) is 0 Å². The third-order valence-corrected chi connectivity index (χ3v) is 6.74. The van der Waals surface area contributed by atoms with E-state index in [0.29, 0.717) is 30.3 Å². The number of hydrogen-bond acceptors (Lipinski definition) is 5. The third-order valence-electron chi connectivity index (χ3n) is 6.33. The average molecular weight is 480 g/mol. The van der Waals surface area contributed by atoms with E-state index in [2.05, 4.69) is 29.4 Å². The number of nitrogens with one attached hydrogen (secondary N) is 2. The second-order valence-corrected chi connectivity index (χ2v) is 9.42. The van der Waals surface area contributed by atoms with Crippen molar-refractivity contribution in [2.45, 2.75) is 45.9 Å².